The zero-order chi connectivity index (χ0) is 25.8. The summed E-state index contributed by atoms with van der Waals surface area (Å²) in [5, 5.41) is 46.4. The lowest BCUT2D eigenvalue weighted by Crippen LogP contribution is -2.55. The standard InChI is InChI=1S/C25H30F2N2O6/c1-3-10-4-13(8-29-9-16(26)27)21(31)18-14(10)6-11-5-12-7-15(30)20(24(28)34)25(2,35)19(12)23(33)17(11)22(18)32/h4,11-12,16,19,29-32,35H,3,5-9H2,1-2H3,(H2,28,34). The van der Waals surface area contributed by atoms with E-state index in [4.69, 9.17) is 5.73 Å². The van der Waals surface area contributed by atoms with E-state index in [2.05, 4.69) is 5.32 Å². The van der Waals surface area contributed by atoms with Crippen LogP contribution < -0.4 is 11.1 Å². The van der Waals surface area contributed by atoms with E-state index in [1.54, 1.807) is 6.07 Å². The second-order valence-corrected chi connectivity index (χ2v) is 9.81. The summed E-state index contributed by atoms with van der Waals surface area (Å²) >= 11 is 0. The molecule has 0 radical (unpaired) electrons. The maximum absolute atomic E-state index is 13.7. The van der Waals surface area contributed by atoms with Crippen molar-refractivity contribution in [3.63, 3.8) is 0 Å². The molecule has 35 heavy (non-hydrogen) atoms. The van der Waals surface area contributed by atoms with Gasteiger partial charge in [-0.15, -0.1) is 0 Å². The number of carbonyl (C=O) groups excluding carboxylic acids is 2. The second-order valence-electron chi connectivity index (χ2n) is 9.81. The van der Waals surface area contributed by atoms with E-state index in [1.807, 2.05) is 6.92 Å². The number of halogens is 2. The number of carbonyl (C=O) groups is 2. The molecule has 7 N–H and O–H groups in total. The minimum absolute atomic E-state index is 0.00284. The summed E-state index contributed by atoms with van der Waals surface area (Å²) < 4.78 is 25.1. The number of benzene rings is 1. The molecule has 1 saturated carbocycles. The minimum Gasteiger partial charge on any atom is -0.512 e. The van der Waals surface area contributed by atoms with Crippen molar-refractivity contribution in [2.75, 3.05) is 6.54 Å². The fourth-order valence-corrected chi connectivity index (χ4v) is 6.27. The van der Waals surface area contributed by atoms with Crippen molar-refractivity contribution >= 4 is 17.4 Å². The molecule has 0 bridgehead atoms. The number of phenols is 1. The molecule has 0 heterocycles. The maximum atomic E-state index is 13.7. The molecule has 4 unspecified atom stereocenters. The first kappa shape index (κ1) is 25.1. The third-order valence-corrected chi connectivity index (χ3v) is 7.63. The molecule has 4 atom stereocenters. The Morgan fingerprint density at radius 2 is 1.94 bits per heavy atom. The Morgan fingerprint density at radius 3 is 2.54 bits per heavy atom. The Hall–Kier alpha value is -2.98. The zero-order valence-corrected chi connectivity index (χ0v) is 19.6. The van der Waals surface area contributed by atoms with Crippen molar-refractivity contribution < 1.29 is 38.8 Å². The highest BCUT2D eigenvalue weighted by molar-refractivity contribution is 6.08. The third-order valence-electron chi connectivity index (χ3n) is 7.63. The second kappa shape index (κ2) is 8.91. The molecule has 4 rings (SSSR count). The van der Waals surface area contributed by atoms with Crippen LogP contribution in [0.1, 0.15) is 48.9 Å². The number of nitrogens with one attached hydrogen (secondary N) is 1. The lowest BCUT2D eigenvalue weighted by molar-refractivity contribution is -0.136. The highest BCUT2D eigenvalue weighted by atomic mass is 19.3. The van der Waals surface area contributed by atoms with E-state index in [0.29, 0.717) is 30.4 Å². The average molecular weight is 493 g/mol. The average Bonchev–Trinajstić information content (AvgIpc) is 2.73. The Labute approximate surface area is 201 Å². The highest BCUT2D eigenvalue weighted by Gasteiger charge is 2.56. The van der Waals surface area contributed by atoms with Gasteiger partial charge in [-0.25, -0.2) is 8.78 Å². The van der Waals surface area contributed by atoms with Crippen molar-refractivity contribution in [1.82, 2.24) is 5.32 Å². The van der Waals surface area contributed by atoms with Crippen LogP contribution in [0, 0.1) is 17.8 Å². The number of Topliss-reactive ketones (excluding diaryl/α,β-unsaturated/α-hetero) is 1. The molecule has 1 aromatic carbocycles. The number of alkyl halides is 2. The van der Waals surface area contributed by atoms with Crippen molar-refractivity contribution in [2.45, 2.75) is 58.1 Å². The first-order valence-corrected chi connectivity index (χ1v) is 11.7. The normalized spacial score (nSPS) is 28.2. The molecule has 190 valence electrons. The molecule has 0 aliphatic heterocycles. The summed E-state index contributed by atoms with van der Waals surface area (Å²) in [5.41, 5.74) is 4.90. The van der Waals surface area contributed by atoms with E-state index >= 15 is 0 Å². The lowest BCUT2D eigenvalue weighted by atomic mass is 9.57. The van der Waals surface area contributed by atoms with Crippen LogP contribution in [-0.4, -0.2) is 50.7 Å². The summed E-state index contributed by atoms with van der Waals surface area (Å²) in [4.78, 5) is 25.6. The quantitative estimate of drug-likeness (QED) is 0.357. The van der Waals surface area contributed by atoms with Crippen LogP contribution in [0.2, 0.25) is 0 Å². The van der Waals surface area contributed by atoms with Gasteiger partial charge in [0.2, 0.25) is 0 Å². The number of aryl methyl sites for hydroxylation is 1. The smallest absolute Gasteiger partial charge is 0.250 e. The van der Waals surface area contributed by atoms with Crippen LogP contribution >= 0.6 is 0 Å². The van der Waals surface area contributed by atoms with Gasteiger partial charge in [0.1, 0.15) is 22.9 Å². The van der Waals surface area contributed by atoms with Gasteiger partial charge in [0.25, 0.3) is 12.3 Å². The van der Waals surface area contributed by atoms with Crippen LogP contribution in [0.5, 0.6) is 5.75 Å². The number of allylic oxidation sites excluding steroid dienone is 2. The molecule has 10 heteroatoms. The van der Waals surface area contributed by atoms with Crippen molar-refractivity contribution in [3.8, 4) is 5.75 Å². The monoisotopic (exact) mass is 492 g/mol. The van der Waals surface area contributed by atoms with Gasteiger partial charge in [-0.05, 0) is 49.1 Å². The molecule has 8 nitrogen and oxygen atoms in total. The Morgan fingerprint density at radius 1 is 1.26 bits per heavy atom. The Kier molecular flexibility index (Phi) is 6.39. The van der Waals surface area contributed by atoms with E-state index in [0.717, 1.165) is 5.56 Å². The van der Waals surface area contributed by atoms with Crippen molar-refractivity contribution in [1.29, 1.82) is 0 Å². The van der Waals surface area contributed by atoms with Gasteiger partial charge in [-0.2, -0.15) is 0 Å². The van der Waals surface area contributed by atoms with Gasteiger partial charge in [-0.3, -0.25) is 9.59 Å². The topological polar surface area (TPSA) is 153 Å². The van der Waals surface area contributed by atoms with E-state index < -0.39 is 59.3 Å². The fourth-order valence-electron chi connectivity index (χ4n) is 6.27. The molecule has 0 aromatic heterocycles. The summed E-state index contributed by atoms with van der Waals surface area (Å²) in [6, 6.07) is 1.72. The van der Waals surface area contributed by atoms with E-state index in [9.17, 15) is 38.8 Å². The number of hydrogen-bond donors (Lipinski definition) is 6. The van der Waals surface area contributed by atoms with Crippen LogP contribution in [0.4, 0.5) is 8.78 Å². The largest absolute Gasteiger partial charge is 0.512 e. The molecule has 3 aliphatic rings. The molecule has 1 fully saturated rings. The minimum atomic E-state index is -2.56. The number of primary amides is 1. The lowest BCUT2D eigenvalue weighted by Gasteiger charge is -2.48. The number of amides is 1. The van der Waals surface area contributed by atoms with Gasteiger partial charge >= 0.3 is 0 Å². The molecular formula is C25H30F2N2O6. The zero-order valence-electron chi connectivity index (χ0n) is 19.6. The van der Waals surface area contributed by atoms with Gasteiger partial charge < -0.3 is 31.5 Å². The van der Waals surface area contributed by atoms with Gasteiger partial charge in [0.15, 0.2) is 5.78 Å². The summed E-state index contributed by atoms with van der Waals surface area (Å²) in [5.74, 6) is -4.62. The summed E-state index contributed by atoms with van der Waals surface area (Å²) in [6.45, 7) is 2.54. The molecular weight excluding hydrogens is 462 g/mol. The fraction of sp³-hybridized carbons (Fsp3) is 0.520. The number of aliphatic hydroxyl groups is 3. The Balaban J connectivity index is 1.81. The molecule has 1 amide bonds. The molecule has 0 saturated heterocycles. The number of fused-ring (bicyclic) bond motifs is 3. The van der Waals surface area contributed by atoms with E-state index in [1.165, 1.54) is 6.92 Å². The number of ketones is 1. The maximum Gasteiger partial charge on any atom is 0.250 e. The van der Waals surface area contributed by atoms with Crippen LogP contribution in [0.3, 0.4) is 0 Å². The predicted molar refractivity (Wildman–Crippen MR) is 123 cm³/mol. The Bertz CT molecular complexity index is 1160. The van der Waals surface area contributed by atoms with Crippen LogP contribution in [-0.2, 0) is 29.0 Å². The number of nitrogens with two attached hydrogens (primary N) is 1. The first-order valence-electron chi connectivity index (χ1n) is 11.7. The van der Waals surface area contributed by atoms with Crippen LogP contribution in [0.15, 0.2) is 23.0 Å². The SMILES string of the molecule is CCc1cc(CNCC(F)F)c(O)c2c1CC1CC3CC(O)=C(C(N)=O)C(C)(O)C3C(=O)C1=C2O. The summed E-state index contributed by atoms with van der Waals surface area (Å²) in [7, 11) is 0. The number of rotatable bonds is 6. The third kappa shape index (κ3) is 3.98. The van der Waals surface area contributed by atoms with Gasteiger partial charge in [-0.1, -0.05) is 13.0 Å². The van der Waals surface area contributed by atoms with Crippen LogP contribution in [0.25, 0.3) is 5.76 Å². The van der Waals surface area contributed by atoms with Gasteiger partial charge in [0.05, 0.1) is 23.6 Å². The van der Waals surface area contributed by atoms with E-state index in [-0.39, 0.29) is 35.6 Å². The number of aromatic hydroxyl groups is 1. The molecule has 0 spiro atoms. The number of phenolic OH excluding ortho intramolecular Hbond substituents is 1. The first-order chi connectivity index (χ1) is 16.4. The summed E-state index contributed by atoms with van der Waals surface area (Å²) in [6.07, 6.45) is -1.29. The molecule has 1 aromatic rings. The number of aliphatic hydroxyl groups excluding tert-OH is 2. The highest BCUT2D eigenvalue weighted by Crippen LogP contribution is 2.53. The van der Waals surface area contributed by atoms with Gasteiger partial charge in [0, 0.05) is 24.1 Å². The van der Waals surface area contributed by atoms with Crippen molar-refractivity contribution in [3.05, 3.63) is 45.2 Å². The van der Waals surface area contributed by atoms with Crippen molar-refractivity contribution in [2.24, 2.45) is 23.5 Å². The predicted octanol–water partition coefficient (Wildman–Crippen LogP) is 2.41. The molecule has 3 aliphatic carbocycles. The number of hydrogen-bond acceptors (Lipinski definition) is 7.